The van der Waals surface area contributed by atoms with E-state index in [4.69, 9.17) is 0 Å². The molecule has 1 nitrogen and oxygen atoms in total. The van der Waals surface area contributed by atoms with Crippen molar-refractivity contribution in [2.24, 2.45) is 0 Å². The normalized spacial score (nSPS) is 19.8. The van der Waals surface area contributed by atoms with Crippen LogP contribution in [0.4, 0.5) is 0 Å². The standard InChI is InChI=1S/C14H13BrO/c15-13-8-12-10(6-3-7-14(12)16)9-4-1-2-5-11(9)13/h1-2,4-5,8,14,16H,3,6-7H2/t14-/m0/s1. The van der Waals surface area contributed by atoms with Gasteiger partial charge in [-0.3, -0.25) is 0 Å². The van der Waals surface area contributed by atoms with Crippen molar-refractivity contribution in [3.63, 3.8) is 0 Å². The first-order valence-electron chi connectivity index (χ1n) is 5.65. The molecule has 1 aliphatic rings. The number of halogens is 1. The van der Waals surface area contributed by atoms with E-state index in [-0.39, 0.29) is 6.10 Å². The molecule has 0 bridgehead atoms. The van der Waals surface area contributed by atoms with Crippen molar-refractivity contribution in [3.05, 3.63) is 45.9 Å². The van der Waals surface area contributed by atoms with Crippen LogP contribution in [0.1, 0.15) is 30.1 Å². The lowest BCUT2D eigenvalue weighted by atomic mass is 9.86. The van der Waals surface area contributed by atoms with Crippen molar-refractivity contribution in [3.8, 4) is 0 Å². The summed E-state index contributed by atoms with van der Waals surface area (Å²) in [6, 6.07) is 10.5. The maximum atomic E-state index is 10.0. The van der Waals surface area contributed by atoms with E-state index in [2.05, 4.69) is 46.3 Å². The molecular weight excluding hydrogens is 264 g/mol. The summed E-state index contributed by atoms with van der Waals surface area (Å²) in [4.78, 5) is 0. The molecule has 1 N–H and O–H groups in total. The summed E-state index contributed by atoms with van der Waals surface area (Å²) in [5.41, 5.74) is 2.44. The van der Waals surface area contributed by atoms with Crippen LogP contribution in [0.25, 0.3) is 10.8 Å². The molecule has 3 rings (SSSR count). The Morgan fingerprint density at radius 3 is 2.75 bits per heavy atom. The van der Waals surface area contributed by atoms with Gasteiger partial charge in [0.05, 0.1) is 6.10 Å². The van der Waals surface area contributed by atoms with Crippen LogP contribution in [0.2, 0.25) is 0 Å². The first kappa shape index (κ1) is 10.3. The number of benzene rings is 2. The Balaban J connectivity index is 2.38. The van der Waals surface area contributed by atoms with Crippen molar-refractivity contribution >= 4 is 26.7 Å². The number of aliphatic hydroxyl groups is 1. The van der Waals surface area contributed by atoms with Crippen LogP contribution in [0.15, 0.2) is 34.8 Å². The molecule has 2 aromatic rings. The minimum absolute atomic E-state index is 0.287. The van der Waals surface area contributed by atoms with Gasteiger partial charge in [0.15, 0.2) is 0 Å². The van der Waals surface area contributed by atoms with E-state index < -0.39 is 0 Å². The van der Waals surface area contributed by atoms with Gasteiger partial charge in [-0.2, -0.15) is 0 Å². The summed E-state index contributed by atoms with van der Waals surface area (Å²) >= 11 is 3.59. The molecule has 0 amide bonds. The minimum atomic E-state index is -0.287. The Morgan fingerprint density at radius 1 is 1.19 bits per heavy atom. The Labute approximate surface area is 103 Å². The minimum Gasteiger partial charge on any atom is -0.388 e. The highest BCUT2D eigenvalue weighted by molar-refractivity contribution is 9.10. The van der Waals surface area contributed by atoms with Gasteiger partial charge < -0.3 is 5.11 Å². The number of fused-ring (bicyclic) bond motifs is 3. The summed E-state index contributed by atoms with van der Waals surface area (Å²) in [6.07, 6.45) is 2.77. The molecule has 0 heterocycles. The Hall–Kier alpha value is -0.860. The van der Waals surface area contributed by atoms with E-state index in [9.17, 15) is 5.11 Å². The Morgan fingerprint density at radius 2 is 1.94 bits per heavy atom. The van der Waals surface area contributed by atoms with Crippen LogP contribution in [0, 0.1) is 0 Å². The highest BCUT2D eigenvalue weighted by atomic mass is 79.9. The van der Waals surface area contributed by atoms with Gasteiger partial charge in [-0.15, -0.1) is 0 Å². The second-order valence-corrected chi connectivity index (χ2v) is 5.23. The topological polar surface area (TPSA) is 20.2 Å². The summed E-state index contributed by atoms with van der Waals surface area (Å²) < 4.78 is 1.09. The molecule has 0 saturated heterocycles. The van der Waals surface area contributed by atoms with Crippen LogP contribution in [0.3, 0.4) is 0 Å². The fourth-order valence-corrected chi connectivity index (χ4v) is 3.21. The maximum absolute atomic E-state index is 10.0. The fraction of sp³-hybridized carbons (Fsp3) is 0.286. The number of aryl methyl sites for hydroxylation is 1. The highest BCUT2D eigenvalue weighted by Crippen LogP contribution is 2.38. The highest BCUT2D eigenvalue weighted by Gasteiger charge is 2.20. The zero-order chi connectivity index (χ0) is 11.1. The van der Waals surface area contributed by atoms with Crippen molar-refractivity contribution < 1.29 is 5.11 Å². The van der Waals surface area contributed by atoms with Crippen molar-refractivity contribution in [1.29, 1.82) is 0 Å². The zero-order valence-electron chi connectivity index (χ0n) is 8.91. The average Bonchev–Trinajstić information content (AvgIpc) is 2.31. The molecule has 16 heavy (non-hydrogen) atoms. The smallest absolute Gasteiger partial charge is 0.0793 e. The monoisotopic (exact) mass is 276 g/mol. The third kappa shape index (κ3) is 1.48. The molecule has 0 aliphatic heterocycles. The summed E-state index contributed by atoms with van der Waals surface area (Å²) in [5.74, 6) is 0. The SMILES string of the molecule is O[C@H]1CCCc2c1cc(Br)c1ccccc21. The van der Waals surface area contributed by atoms with E-state index in [1.165, 1.54) is 16.3 Å². The number of rotatable bonds is 0. The van der Waals surface area contributed by atoms with Gasteiger partial charge in [0.25, 0.3) is 0 Å². The molecule has 0 fully saturated rings. The molecule has 2 aromatic carbocycles. The van der Waals surface area contributed by atoms with E-state index in [0.29, 0.717) is 0 Å². The van der Waals surface area contributed by atoms with Gasteiger partial charge >= 0.3 is 0 Å². The quantitative estimate of drug-likeness (QED) is 0.772. The predicted molar refractivity (Wildman–Crippen MR) is 69.5 cm³/mol. The van der Waals surface area contributed by atoms with Crippen molar-refractivity contribution in [2.75, 3.05) is 0 Å². The fourth-order valence-electron chi connectivity index (χ4n) is 2.62. The maximum Gasteiger partial charge on any atom is 0.0793 e. The Bertz CT molecular complexity index is 548. The largest absolute Gasteiger partial charge is 0.388 e. The molecule has 82 valence electrons. The average molecular weight is 277 g/mol. The molecule has 1 atom stereocenters. The summed E-state index contributed by atoms with van der Waals surface area (Å²) in [5, 5.41) is 12.6. The van der Waals surface area contributed by atoms with Gasteiger partial charge in [-0.05, 0) is 47.2 Å². The molecular formula is C14H13BrO. The van der Waals surface area contributed by atoms with Crippen LogP contribution >= 0.6 is 15.9 Å². The third-order valence-electron chi connectivity index (χ3n) is 3.40. The third-order valence-corrected chi connectivity index (χ3v) is 4.06. The lowest BCUT2D eigenvalue weighted by Gasteiger charge is -2.23. The second kappa shape index (κ2) is 3.86. The van der Waals surface area contributed by atoms with Gasteiger partial charge in [0, 0.05) is 4.47 Å². The molecule has 0 aromatic heterocycles. The van der Waals surface area contributed by atoms with E-state index in [1.54, 1.807) is 0 Å². The van der Waals surface area contributed by atoms with Gasteiger partial charge in [0.2, 0.25) is 0 Å². The van der Waals surface area contributed by atoms with Crippen molar-refractivity contribution in [2.45, 2.75) is 25.4 Å². The van der Waals surface area contributed by atoms with Crippen LogP contribution in [-0.4, -0.2) is 5.11 Å². The number of hydrogen-bond donors (Lipinski definition) is 1. The molecule has 0 saturated carbocycles. The first-order valence-corrected chi connectivity index (χ1v) is 6.45. The predicted octanol–water partition coefficient (Wildman–Crippen LogP) is 3.97. The van der Waals surface area contributed by atoms with Crippen LogP contribution in [0.5, 0.6) is 0 Å². The van der Waals surface area contributed by atoms with Gasteiger partial charge in [0.1, 0.15) is 0 Å². The lowest BCUT2D eigenvalue weighted by Crippen LogP contribution is -2.09. The van der Waals surface area contributed by atoms with Crippen LogP contribution in [-0.2, 0) is 6.42 Å². The van der Waals surface area contributed by atoms with Crippen LogP contribution < -0.4 is 0 Å². The van der Waals surface area contributed by atoms with Gasteiger partial charge in [-0.1, -0.05) is 40.2 Å². The lowest BCUT2D eigenvalue weighted by molar-refractivity contribution is 0.157. The Kier molecular flexibility index (Phi) is 2.49. The van der Waals surface area contributed by atoms with E-state index in [1.807, 2.05) is 0 Å². The van der Waals surface area contributed by atoms with E-state index >= 15 is 0 Å². The molecule has 1 aliphatic carbocycles. The molecule has 0 spiro atoms. The summed E-state index contributed by atoms with van der Waals surface area (Å²) in [6.45, 7) is 0. The van der Waals surface area contributed by atoms with E-state index in [0.717, 1.165) is 29.3 Å². The number of aliphatic hydroxyl groups excluding tert-OH is 1. The number of hydrogen-bond acceptors (Lipinski definition) is 1. The zero-order valence-corrected chi connectivity index (χ0v) is 10.5. The first-order chi connectivity index (χ1) is 7.77. The van der Waals surface area contributed by atoms with Crippen molar-refractivity contribution in [1.82, 2.24) is 0 Å². The second-order valence-electron chi connectivity index (χ2n) is 4.38. The molecule has 2 heteroatoms. The van der Waals surface area contributed by atoms with Gasteiger partial charge in [-0.25, -0.2) is 0 Å². The molecule has 0 radical (unpaired) electrons. The summed E-state index contributed by atoms with van der Waals surface area (Å²) in [7, 11) is 0. The molecule has 0 unspecified atom stereocenters.